The Bertz CT molecular complexity index is 1010. The van der Waals surface area contributed by atoms with E-state index in [4.69, 9.17) is 4.74 Å². The van der Waals surface area contributed by atoms with Gasteiger partial charge in [0.05, 0.1) is 18.4 Å². The molecule has 0 saturated carbocycles. The van der Waals surface area contributed by atoms with Crippen LogP contribution in [0.5, 0.6) is 0 Å². The van der Waals surface area contributed by atoms with Crippen LogP contribution in [0.15, 0.2) is 53.3 Å². The summed E-state index contributed by atoms with van der Waals surface area (Å²) < 4.78 is 30.1. The van der Waals surface area contributed by atoms with E-state index in [1.165, 1.54) is 25.1 Å². The van der Waals surface area contributed by atoms with Crippen molar-refractivity contribution in [3.8, 4) is 12.8 Å². The number of esters is 1. The normalized spacial score (nSPS) is 19.5. The Balaban J connectivity index is 0.00000119. The predicted octanol–water partition coefficient (Wildman–Crippen LogP) is 6.68. The van der Waals surface area contributed by atoms with Crippen molar-refractivity contribution in [1.29, 1.82) is 0 Å². The van der Waals surface area contributed by atoms with Gasteiger partial charge in [0.1, 0.15) is 11.7 Å². The minimum Gasteiger partial charge on any atom is -0.466 e. The number of benzene rings is 1. The smallest absolute Gasteiger partial charge is 0.309 e. The Kier molecular flexibility index (Phi) is 18.1. The van der Waals surface area contributed by atoms with Gasteiger partial charge in [-0.15, -0.1) is 12.8 Å². The van der Waals surface area contributed by atoms with Crippen LogP contribution in [0.2, 0.25) is 0 Å². The molecular formula is C32H47F2N3O3. The Labute approximate surface area is 240 Å². The van der Waals surface area contributed by atoms with E-state index in [1.807, 2.05) is 34.6 Å². The molecule has 1 atom stereocenters. The van der Waals surface area contributed by atoms with Gasteiger partial charge in [0.15, 0.2) is 5.54 Å². The molecule has 1 unspecified atom stereocenters. The maximum absolute atomic E-state index is 13.2. The molecule has 1 aromatic carbocycles. The number of rotatable bonds is 8. The first kappa shape index (κ1) is 36.7. The molecule has 0 aliphatic carbocycles. The van der Waals surface area contributed by atoms with Crippen LogP contribution in [0.3, 0.4) is 0 Å². The van der Waals surface area contributed by atoms with Crippen molar-refractivity contribution in [2.24, 2.45) is 10.9 Å². The Morgan fingerprint density at radius 2 is 1.75 bits per heavy atom. The average molecular weight is 560 g/mol. The lowest BCUT2D eigenvalue weighted by Crippen LogP contribution is -2.41. The maximum Gasteiger partial charge on any atom is 0.309 e. The van der Waals surface area contributed by atoms with Gasteiger partial charge in [-0.2, -0.15) is 0 Å². The van der Waals surface area contributed by atoms with Crippen molar-refractivity contribution in [3.05, 3.63) is 59.7 Å². The molecule has 1 aromatic rings. The van der Waals surface area contributed by atoms with Gasteiger partial charge >= 0.3 is 5.97 Å². The summed E-state index contributed by atoms with van der Waals surface area (Å²) in [5.41, 5.74) is -0.290. The molecule has 1 amide bonds. The quantitative estimate of drug-likeness (QED) is 0.203. The van der Waals surface area contributed by atoms with Gasteiger partial charge in [0.25, 0.3) is 5.91 Å². The SMILES string of the molecule is C#C.C/C=C\C=C(/C)F.CC.CCOC(=O)C1CCN(CCCN2C(=O)C(C)(c3ccc(F)cc3)N=C2C)CC1. The van der Waals surface area contributed by atoms with E-state index in [-0.39, 0.29) is 29.4 Å². The van der Waals surface area contributed by atoms with E-state index in [2.05, 4.69) is 22.7 Å². The first-order chi connectivity index (χ1) is 19.1. The number of carbonyl (C=O) groups is 2. The number of nitrogens with zero attached hydrogens (tertiary/aromatic N) is 3. The third kappa shape index (κ3) is 11.4. The van der Waals surface area contributed by atoms with E-state index in [0.29, 0.717) is 24.6 Å². The van der Waals surface area contributed by atoms with E-state index in [1.54, 1.807) is 36.1 Å². The molecule has 0 N–H and O–H groups in total. The minimum absolute atomic E-state index is 0.0113. The average Bonchev–Trinajstić information content (AvgIpc) is 3.18. The van der Waals surface area contributed by atoms with Crippen LogP contribution in [-0.2, 0) is 19.9 Å². The van der Waals surface area contributed by atoms with Gasteiger partial charge in [-0.1, -0.05) is 38.1 Å². The van der Waals surface area contributed by atoms with Crippen LogP contribution in [0.1, 0.15) is 73.3 Å². The number of piperidine rings is 1. The van der Waals surface area contributed by atoms with Crippen LogP contribution in [-0.4, -0.2) is 60.3 Å². The van der Waals surface area contributed by atoms with Crippen molar-refractivity contribution in [2.75, 3.05) is 32.8 Å². The molecule has 6 nitrogen and oxygen atoms in total. The lowest BCUT2D eigenvalue weighted by atomic mass is 9.92. The monoisotopic (exact) mass is 559 g/mol. The van der Waals surface area contributed by atoms with Crippen molar-refractivity contribution < 1.29 is 23.1 Å². The summed E-state index contributed by atoms with van der Waals surface area (Å²) in [6.45, 7) is 16.4. The third-order valence-corrected chi connectivity index (χ3v) is 6.43. The first-order valence-electron chi connectivity index (χ1n) is 13.9. The van der Waals surface area contributed by atoms with Crippen LogP contribution >= 0.6 is 0 Å². The summed E-state index contributed by atoms with van der Waals surface area (Å²) in [7, 11) is 0. The molecule has 222 valence electrons. The number of carbonyl (C=O) groups excluding carboxylic acids is 2. The fourth-order valence-electron chi connectivity index (χ4n) is 4.40. The molecule has 2 aliphatic rings. The Morgan fingerprint density at radius 1 is 1.18 bits per heavy atom. The maximum atomic E-state index is 13.2. The van der Waals surface area contributed by atoms with Crippen molar-refractivity contribution in [1.82, 2.24) is 9.80 Å². The fourth-order valence-corrected chi connectivity index (χ4v) is 4.40. The molecule has 2 heterocycles. The molecule has 0 bridgehead atoms. The van der Waals surface area contributed by atoms with Crippen molar-refractivity contribution in [3.63, 3.8) is 0 Å². The lowest BCUT2D eigenvalue weighted by molar-refractivity contribution is -0.149. The zero-order valence-corrected chi connectivity index (χ0v) is 25.3. The third-order valence-electron chi connectivity index (χ3n) is 6.43. The molecule has 1 saturated heterocycles. The number of hydrogen-bond donors (Lipinski definition) is 0. The largest absolute Gasteiger partial charge is 0.466 e. The van der Waals surface area contributed by atoms with E-state index < -0.39 is 5.54 Å². The second kappa shape index (κ2) is 19.7. The van der Waals surface area contributed by atoms with Crippen LogP contribution in [0, 0.1) is 24.6 Å². The number of aliphatic imine (C=N–C) groups is 1. The zero-order chi connectivity index (χ0) is 30.7. The van der Waals surface area contributed by atoms with Gasteiger partial charge in [0.2, 0.25) is 0 Å². The second-order valence-electron chi connectivity index (χ2n) is 9.20. The predicted molar refractivity (Wildman–Crippen MR) is 160 cm³/mol. The number of allylic oxidation sites excluding steroid dienone is 4. The molecular weight excluding hydrogens is 512 g/mol. The highest BCUT2D eigenvalue weighted by Crippen LogP contribution is 2.33. The van der Waals surface area contributed by atoms with Gasteiger partial charge in [-0.25, -0.2) is 8.78 Å². The highest BCUT2D eigenvalue weighted by atomic mass is 19.1. The molecule has 2 aliphatic heterocycles. The number of likely N-dealkylation sites (tertiary alicyclic amines) is 1. The molecule has 0 aromatic heterocycles. The van der Waals surface area contributed by atoms with Gasteiger partial charge < -0.3 is 9.64 Å². The number of halogens is 2. The Morgan fingerprint density at radius 3 is 2.23 bits per heavy atom. The molecule has 0 spiro atoms. The summed E-state index contributed by atoms with van der Waals surface area (Å²) in [6.07, 6.45) is 15.3. The van der Waals surface area contributed by atoms with Gasteiger partial charge in [-0.05, 0) is 97.3 Å². The van der Waals surface area contributed by atoms with Crippen LogP contribution in [0.4, 0.5) is 8.78 Å². The number of ether oxygens (including phenoxy) is 1. The number of hydrogen-bond acceptors (Lipinski definition) is 5. The first-order valence-corrected chi connectivity index (χ1v) is 13.9. The highest BCUT2D eigenvalue weighted by Gasteiger charge is 2.44. The highest BCUT2D eigenvalue weighted by molar-refractivity contribution is 6.07. The number of amides is 1. The molecule has 40 heavy (non-hydrogen) atoms. The molecule has 1 fully saturated rings. The second-order valence-corrected chi connectivity index (χ2v) is 9.20. The van der Waals surface area contributed by atoms with E-state index >= 15 is 0 Å². The standard InChI is InChI=1S/C22H30FN3O3.C6H9F.C2H6.C2H2/c1-4-29-20(27)17-10-14-25(15-11-17)12-5-13-26-16(2)24-22(3,21(26)28)18-6-8-19(23)9-7-18;1-3-4-5-6(2)7;2*1-2/h6-9,17H,4-5,10-15H2,1-3H3;3-5H,1-2H3;1-2H3;1-2H/b;4-3-,6-5+;;. The molecule has 8 heteroatoms. The van der Waals surface area contributed by atoms with Crippen molar-refractivity contribution in [2.45, 2.75) is 73.3 Å². The lowest BCUT2D eigenvalue weighted by Gasteiger charge is -2.31. The summed E-state index contributed by atoms with van der Waals surface area (Å²) >= 11 is 0. The zero-order valence-electron chi connectivity index (χ0n) is 25.3. The van der Waals surface area contributed by atoms with E-state index in [0.717, 1.165) is 38.9 Å². The number of terminal acetylenes is 1. The minimum atomic E-state index is -0.990. The molecule has 0 radical (unpaired) electrons. The summed E-state index contributed by atoms with van der Waals surface area (Å²) in [5.74, 6) is 0.0783. The van der Waals surface area contributed by atoms with Crippen LogP contribution < -0.4 is 0 Å². The van der Waals surface area contributed by atoms with Gasteiger partial charge in [0, 0.05) is 6.54 Å². The summed E-state index contributed by atoms with van der Waals surface area (Å²) in [4.78, 5) is 33.5. The van der Waals surface area contributed by atoms with Crippen LogP contribution in [0.25, 0.3) is 0 Å². The van der Waals surface area contributed by atoms with Crippen molar-refractivity contribution >= 4 is 17.7 Å². The summed E-state index contributed by atoms with van der Waals surface area (Å²) in [6, 6.07) is 5.98. The van der Waals surface area contributed by atoms with Gasteiger partial charge in [-0.3, -0.25) is 19.5 Å². The Hall–Kier alpha value is -3.31. The topological polar surface area (TPSA) is 62.2 Å². The van der Waals surface area contributed by atoms with E-state index in [9.17, 15) is 18.4 Å². The number of amidine groups is 1. The molecule has 3 rings (SSSR count). The fraction of sp³-hybridized carbons (Fsp3) is 0.531. The summed E-state index contributed by atoms with van der Waals surface area (Å²) in [5, 5.41) is 0.